The SMILES string of the molecule is N#Cc1ccc(Br)cc1Nc1c(Cl)cc(N)cc1C(=O)O. The number of rotatable bonds is 3. The van der Waals surface area contributed by atoms with E-state index in [1.165, 1.54) is 12.1 Å². The van der Waals surface area contributed by atoms with Gasteiger partial charge < -0.3 is 16.2 Å². The van der Waals surface area contributed by atoms with Crippen molar-refractivity contribution in [2.45, 2.75) is 0 Å². The van der Waals surface area contributed by atoms with Crippen molar-refractivity contribution in [2.75, 3.05) is 11.1 Å². The van der Waals surface area contributed by atoms with Crippen molar-refractivity contribution in [2.24, 2.45) is 0 Å². The third kappa shape index (κ3) is 3.27. The van der Waals surface area contributed by atoms with Crippen LogP contribution < -0.4 is 11.1 Å². The van der Waals surface area contributed by atoms with E-state index in [0.717, 1.165) is 4.47 Å². The van der Waals surface area contributed by atoms with E-state index < -0.39 is 5.97 Å². The van der Waals surface area contributed by atoms with Crippen LogP contribution in [0.1, 0.15) is 15.9 Å². The molecule has 0 saturated heterocycles. The van der Waals surface area contributed by atoms with Crippen LogP contribution >= 0.6 is 27.5 Å². The van der Waals surface area contributed by atoms with E-state index in [0.29, 0.717) is 11.3 Å². The zero-order chi connectivity index (χ0) is 15.6. The Hall–Kier alpha value is -2.23. The smallest absolute Gasteiger partial charge is 0.337 e. The summed E-state index contributed by atoms with van der Waals surface area (Å²) in [7, 11) is 0. The van der Waals surface area contributed by atoms with Crippen LogP contribution in [0.5, 0.6) is 0 Å². The molecule has 0 aromatic heterocycles. The molecule has 0 aliphatic rings. The van der Waals surface area contributed by atoms with E-state index in [1.54, 1.807) is 18.2 Å². The van der Waals surface area contributed by atoms with Crippen LogP contribution in [0.4, 0.5) is 17.1 Å². The van der Waals surface area contributed by atoms with Gasteiger partial charge in [-0.2, -0.15) is 5.26 Å². The zero-order valence-electron chi connectivity index (χ0n) is 10.5. The number of benzene rings is 2. The minimum Gasteiger partial charge on any atom is -0.478 e. The maximum Gasteiger partial charge on any atom is 0.337 e. The zero-order valence-corrected chi connectivity index (χ0v) is 12.9. The van der Waals surface area contributed by atoms with Gasteiger partial charge >= 0.3 is 5.97 Å². The number of carboxylic acids is 1. The number of halogens is 2. The molecule has 5 nitrogen and oxygen atoms in total. The fraction of sp³-hybridized carbons (Fsp3) is 0. The normalized spacial score (nSPS) is 9.95. The van der Waals surface area contributed by atoms with Crippen LogP contribution in [0, 0.1) is 11.3 Å². The summed E-state index contributed by atoms with van der Waals surface area (Å²) in [5, 5.41) is 21.4. The highest BCUT2D eigenvalue weighted by atomic mass is 79.9. The first-order valence-electron chi connectivity index (χ1n) is 5.71. The van der Waals surface area contributed by atoms with Crippen LogP contribution in [-0.2, 0) is 0 Å². The van der Waals surface area contributed by atoms with Crippen molar-refractivity contribution in [1.29, 1.82) is 5.26 Å². The van der Waals surface area contributed by atoms with Gasteiger partial charge in [-0.3, -0.25) is 0 Å². The van der Waals surface area contributed by atoms with Crippen LogP contribution in [0.15, 0.2) is 34.8 Å². The Kier molecular flexibility index (Phi) is 4.36. The number of carbonyl (C=O) groups is 1. The molecule has 0 unspecified atom stereocenters. The first-order valence-corrected chi connectivity index (χ1v) is 6.88. The molecular weight excluding hydrogens is 358 g/mol. The van der Waals surface area contributed by atoms with Crippen molar-refractivity contribution in [1.82, 2.24) is 0 Å². The largest absolute Gasteiger partial charge is 0.478 e. The lowest BCUT2D eigenvalue weighted by Gasteiger charge is -2.14. The summed E-state index contributed by atoms with van der Waals surface area (Å²) in [6.45, 7) is 0. The van der Waals surface area contributed by atoms with Gasteiger partial charge in [-0.25, -0.2) is 4.79 Å². The van der Waals surface area contributed by atoms with Crippen molar-refractivity contribution in [3.8, 4) is 6.07 Å². The van der Waals surface area contributed by atoms with Gasteiger partial charge in [0.05, 0.1) is 27.5 Å². The standard InChI is InChI=1S/C14H9BrClN3O2/c15-8-2-1-7(6-17)12(3-8)19-13-10(14(20)21)4-9(18)5-11(13)16/h1-5,19H,18H2,(H,20,21). The summed E-state index contributed by atoms with van der Waals surface area (Å²) < 4.78 is 0.743. The van der Waals surface area contributed by atoms with Gasteiger partial charge in [0.15, 0.2) is 0 Å². The van der Waals surface area contributed by atoms with Gasteiger partial charge in [0, 0.05) is 10.2 Å². The quantitative estimate of drug-likeness (QED) is 0.713. The van der Waals surface area contributed by atoms with Crippen molar-refractivity contribution < 1.29 is 9.90 Å². The van der Waals surface area contributed by atoms with Gasteiger partial charge in [-0.1, -0.05) is 27.5 Å². The summed E-state index contributed by atoms with van der Waals surface area (Å²) in [5.74, 6) is -1.17. The summed E-state index contributed by atoms with van der Waals surface area (Å²) in [5.41, 5.74) is 6.78. The molecule has 0 aliphatic carbocycles. The van der Waals surface area contributed by atoms with E-state index in [1.807, 2.05) is 6.07 Å². The molecule has 0 heterocycles. The van der Waals surface area contributed by atoms with Crippen molar-refractivity contribution in [3.63, 3.8) is 0 Å². The Morgan fingerprint density at radius 1 is 1.38 bits per heavy atom. The Morgan fingerprint density at radius 2 is 2.10 bits per heavy atom. The van der Waals surface area contributed by atoms with Gasteiger partial charge in [-0.15, -0.1) is 0 Å². The average Bonchev–Trinajstić information content (AvgIpc) is 2.41. The number of nitrogen functional groups attached to an aromatic ring is 1. The lowest BCUT2D eigenvalue weighted by molar-refractivity contribution is 0.0698. The van der Waals surface area contributed by atoms with E-state index in [2.05, 4.69) is 21.2 Å². The van der Waals surface area contributed by atoms with E-state index in [9.17, 15) is 9.90 Å². The predicted molar refractivity (Wildman–Crippen MR) is 85.0 cm³/mol. The number of nitrogens with two attached hydrogens (primary N) is 1. The highest BCUT2D eigenvalue weighted by Gasteiger charge is 2.16. The molecule has 106 valence electrons. The molecule has 21 heavy (non-hydrogen) atoms. The van der Waals surface area contributed by atoms with Crippen LogP contribution in [0.25, 0.3) is 0 Å². The van der Waals surface area contributed by atoms with Gasteiger partial charge in [0.2, 0.25) is 0 Å². The van der Waals surface area contributed by atoms with Crippen molar-refractivity contribution >= 4 is 50.6 Å². The maximum absolute atomic E-state index is 11.3. The Morgan fingerprint density at radius 3 is 2.71 bits per heavy atom. The molecule has 7 heteroatoms. The van der Waals surface area contributed by atoms with Crippen LogP contribution in [0.2, 0.25) is 5.02 Å². The summed E-state index contributed by atoms with van der Waals surface area (Å²) in [4.78, 5) is 11.3. The van der Waals surface area contributed by atoms with E-state index in [-0.39, 0.29) is 22.0 Å². The highest BCUT2D eigenvalue weighted by molar-refractivity contribution is 9.10. The van der Waals surface area contributed by atoms with Crippen molar-refractivity contribution in [3.05, 3.63) is 51.0 Å². The van der Waals surface area contributed by atoms with Crippen LogP contribution in [0.3, 0.4) is 0 Å². The topological polar surface area (TPSA) is 99.1 Å². The number of aromatic carboxylic acids is 1. The molecule has 0 fully saturated rings. The van der Waals surface area contributed by atoms with E-state index >= 15 is 0 Å². The Balaban J connectivity index is 2.57. The lowest BCUT2D eigenvalue weighted by atomic mass is 10.1. The number of anilines is 3. The number of nitrogens with one attached hydrogen (secondary N) is 1. The molecule has 0 amide bonds. The first-order chi connectivity index (χ1) is 9.92. The molecule has 0 saturated carbocycles. The second-order valence-corrected chi connectivity index (χ2v) is 5.48. The Bertz CT molecular complexity index is 772. The second kappa shape index (κ2) is 6.04. The van der Waals surface area contributed by atoms with Crippen LogP contribution in [-0.4, -0.2) is 11.1 Å². The molecular formula is C14H9BrClN3O2. The molecule has 0 bridgehead atoms. The fourth-order valence-corrected chi connectivity index (χ4v) is 2.41. The first kappa shape index (κ1) is 15.2. The number of carboxylic acid groups (broad SMARTS) is 1. The third-order valence-electron chi connectivity index (χ3n) is 2.70. The summed E-state index contributed by atoms with van der Waals surface area (Å²) >= 11 is 9.36. The van der Waals surface area contributed by atoms with Gasteiger partial charge in [0.25, 0.3) is 0 Å². The molecule has 4 N–H and O–H groups in total. The maximum atomic E-state index is 11.3. The minimum atomic E-state index is -1.17. The Labute approximate surface area is 134 Å². The number of nitrogens with zero attached hydrogens (tertiary/aromatic N) is 1. The molecule has 2 aromatic carbocycles. The monoisotopic (exact) mass is 365 g/mol. The number of hydrogen-bond acceptors (Lipinski definition) is 4. The summed E-state index contributed by atoms with van der Waals surface area (Å²) in [6.07, 6.45) is 0. The fourth-order valence-electron chi connectivity index (χ4n) is 1.78. The summed E-state index contributed by atoms with van der Waals surface area (Å²) in [6, 6.07) is 9.76. The average molecular weight is 367 g/mol. The molecule has 0 radical (unpaired) electrons. The number of nitriles is 1. The second-order valence-electron chi connectivity index (χ2n) is 4.16. The molecule has 2 rings (SSSR count). The predicted octanol–water partition coefficient (Wildman–Crippen LogP) is 4.00. The minimum absolute atomic E-state index is 0.0659. The van der Waals surface area contributed by atoms with Gasteiger partial charge in [-0.05, 0) is 30.3 Å². The van der Waals surface area contributed by atoms with Gasteiger partial charge in [0.1, 0.15) is 6.07 Å². The molecule has 0 spiro atoms. The molecule has 2 aromatic rings. The molecule has 0 atom stereocenters. The number of hydrogen-bond donors (Lipinski definition) is 3. The van der Waals surface area contributed by atoms with E-state index in [4.69, 9.17) is 22.6 Å². The lowest BCUT2D eigenvalue weighted by Crippen LogP contribution is -2.05. The highest BCUT2D eigenvalue weighted by Crippen LogP contribution is 2.33. The third-order valence-corrected chi connectivity index (χ3v) is 3.50. The molecule has 0 aliphatic heterocycles.